The number of hydrogen-bond acceptors (Lipinski definition) is 9. The van der Waals surface area contributed by atoms with E-state index in [1.807, 2.05) is 11.9 Å². The summed E-state index contributed by atoms with van der Waals surface area (Å²) in [7, 11) is 3.75. The number of hydrogen-bond donors (Lipinski definition) is 2. The van der Waals surface area contributed by atoms with Crippen molar-refractivity contribution in [1.29, 1.82) is 0 Å². The number of rotatable bonds is 7. The molecular formula is C42H45F3N8O5. The van der Waals surface area contributed by atoms with Crippen LogP contribution in [0.1, 0.15) is 71.6 Å². The molecule has 0 atom stereocenters. The summed E-state index contributed by atoms with van der Waals surface area (Å²) in [5, 5.41) is 5.18. The van der Waals surface area contributed by atoms with Gasteiger partial charge in [-0.1, -0.05) is 30.0 Å². The third kappa shape index (κ3) is 10.1. The number of carbonyl (C=O) groups excluding carboxylic acids is 4. The SMILES string of the molecule is CC(=O)Nc1ncc(C#Cc2cccc(CC(=O)Nc3ccc(CN4CCN(C)CC4)c(C(F)(F)F)c3)c2)c(-c2cc3c(n2C)CCN(C(=O)OC(C)(C)C)C3=O)n1. The molecule has 4 aromatic rings. The largest absolute Gasteiger partial charge is 0.443 e. The normalized spacial score (nSPS) is 15.0. The second-order valence-electron chi connectivity index (χ2n) is 15.4. The van der Waals surface area contributed by atoms with Crippen LogP contribution in [-0.2, 0) is 46.9 Å². The Balaban J connectivity index is 1.21. The first-order valence-electron chi connectivity index (χ1n) is 18.7. The van der Waals surface area contributed by atoms with Crippen LogP contribution in [-0.4, -0.2) is 98.4 Å². The number of nitrogens with one attached hydrogen (secondary N) is 2. The van der Waals surface area contributed by atoms with Crippen LogP contribution >= 0.6 is 0 Å². The van der Waals surface area contributed by atoms with Gasteiger partial charge >= 0.3 is 12.3 Å². The smallest absolute Gasteiger partial charge is 0.417 e. The van der Waals surface area contributed by atoms with Gasteiger partial charge in [-0.05, 0) is 69.3 Å². The summed E-state index contributed by atoms with van der Waals surface area (Å²) < 4.78 is 49.6. The molecule has 6 rings (SSSR count). The second-order valence-corrected chi connectivity index (χ2v) is 15.4. The highest BCUT2D eigenvalue weighted by molar-refractivity contribution is 6.05. The van der Waals surface area contributed by atoms with Crippen molar-refractivity contribution in [2.75, 3.05) is 50.4 Å². The monoisotopic (exact) mass is 798 g/mol. The van der Waals surface area contributed by atoms with Gasteiger partial charge in [-0.2, -0.15) is 13.2 Å². The molecule has 2 aromatic carbocycles. The number of amides is 4. The van der Waals surface area contributed by atoms with Crippen molar-refractivity contribution in [2.24, 2.45) is 7.05 Å². The number of likely N-dealkylation sites (N-methyl/N-ethyl adjacent to an activating group) is 1. The highest BCUT2D eigenvalue weighted by Gasteiger charge is 2.36. The first-order chi connectivity index (χ1) is 27.3. The first kappa shape index (κ1) is 41.6. The number of ether oxygens (including phenoxy) is 1. The third-order valence-electron chi connectivity index (χ3n) is 9.66. The predicted molar refractivity (Wildman–Crippen MR) is 211 cm³/mol. The van der Waals surface area contributed by atoms with Crippen LogP contribution in [0, 0.1) is 11.8 Å². The predicted octanol–water partition coefficient (Wildman–Crippen LogP) is 5.72. The van der Waals surface area contributed by atoms with E-state index in [1.54, 1.807) is 62.7 Å². The molecule has 4 heterocycles. The summed E-state index contributed by atoms with van der Waals surface area (Å²) in [5.74, 6) is 4.76. The van der Waals surface area contributed by atoms with Crippen LogP contribution < -0.4 is 10.6 Å². The first-order valence-corrected chi connectivity index (χ1v) is 18.7. The Bertz CT molecular complexity index is 2310. The Morgan fingerprint density at radius 3 is 2.36 bits per heavy atom. The molecule has 16 heteroatoms. The van der Waals surface area contributed by atoms with E-state index in [-0.39, 0.29) is 42.6 Å². The van der Waals surface area contributed by atoms with E-state index in [4.69, 9.17) is 4.74 Å². The van der Waals surface area contributed by atoms with Crippen molar-refractivity contribution in [3.8, 4) is 23.2 Å². The quantitative estimate of drug-likeness (QED) is 0.225. The summed E-state index contributed by atoms with van der Waals surface area (Å²) in [6, 6.07) is 12.4. The van der Waals surface area contributed by atoms with E-state index in [1.165, 1.54) is 25.3 Å². The molecular weight excluding hydrogens is 754 g/mol. The summed E-state index contributed by atoms with van der Waals surface area (Å²) in [6.45, 7) is 9.67. The lowest BCUT2D eigenvalue weighted by molar-refractivity contribution is -0.138. The Hall–Kier alpha value is -6.05. The summed E-state index contributed by atoms with van der Waals surface area (Å²) in [5.41, 5.74) is 1.91. The number of benzene rings is 2. The van der Waals surface area contributed by atoms with E-state index in [9.17, 15) is 32.3 Å². The Labute approximate surface area is 334 Å². The van der Waals surface area contributed by atoms with Crippen molar-refractivity contribution in [3.05, 3.63) is 93.8 Å². The lowest BCUT2D eigenvalue weighted by Gasteiger charge is -2.33. The highest BCUT2D eigenvalue weighted by Crippen LogP contribution is 2.35. The Kier molecular flexibility index (Phi) is 12.1. The summed E-state index contributed by atoms with van der Waals surface area (Å²) >= 11 is 0. The molecule has 1 saturated heterocycles. The van der Waals surface area contributed by atoms with Gasteiger partial charge in [-0.3, -0.25) is 24.6 Å². The van der Waals surface area contributed by atoms with Crippen molar-refractivity contribution < 1.29 is 37.1 Å². The molecule has 0 saturated carbocycles. The maximum absolute atomic E-state index is 14.1. The molecule has 4 amide bonds. The van der Waals surface area contributed by atoms with Gasteiger partial charge in [-0.25, -0.2) is 19.7 Å². The zero-order chi connectivity index (χ0) is 41.9. The maximum Gasteiger partial charge on any atom is 0.417 e. The van der Waals surface area contributed by atoms with Gasteiger partial charge in [-0.15, -0.1) is 0 Å². The molecule has 2 aliphatic rings. The molecule has 13 nitrogen and oxygen atoms in total. The summed E-state index contributed by atoms with van der Waals surface area (Å²) in [4.78, 5) is 65.4. The van der Waals surface area contributed by atoms with Gasteiger partial charge in [0.2, 0.25) is 17.8 Å². The van der Waals surface area contributed by atoms with Crippen molar-refractivity contribution in [2.45, 2.75) is 58.9 Å². The van der Waals surface area contributed by atoms with Gasteiger partial charge < -0.3 is 19.5 Å². The van der Waals surface area contributed by atoms with Crippen LogP contribution in [0.4, 0.5) is 29.6 Å². The second kappa shape index (κ2) is 16.8. The molecule has 0 spiro atoms. The van der Waals surface area contributed by atoms with Gasteiger partial charge in [0.15, 0.2) is 0 Å². The molecule has 0 aliphatic carbocycles. The van der Waals surface area contributed by atoms with Crippen LogP contribution in [0.25, 0.3) is 11.4 Å². The Morgan fingerprint density at radius 2 is 1.67 bits per heavy atom. The minimum Gasteiger partial charge on any atom is -0.443 e. The lowest BCUT2D eigenvalue weighted by Crippen LogP contribution is -2.44. The molecule has 2 aliphatic heterocycles. The fourth-order valence-electron chi connectivity index (χ4n) is 6.79. The fraction of sp³-hybridized carbons (Fsp3) is 0.381. The molecule has 2 aromatic heterocycles. The number of nitrogens with zero attached hydrogens (tertiary/aromatic N) is 6. The van der Waals surface area contributed by atoms with Gasteiger partial charge in [0.1, 0.15) is 11.3 Å². The van der Waals surface area contributed by atoms with Crippen LogP contribution in [0.3, 0.4) is 0 Å². The number of carbonyl (C=O) groups is 4. The van der Waals surface area contributed by atoms with Gasteiger partial charge in [0, 0.05) is 82.8 Å². The van der Waals surface area contributed by atoms with E-state index < -0.39 is 35.2 Å². The van der Waals surface area contributed by atoms with Crippen molar-refractivity contribution in [3.63, 3.8) is 0 Å². The standard InChI is InChI=1S/C42H45F3N8O5/c1-26(54)47-39-46-24-29(37(49-39)35-23-32-34(51(35)6)14-15-53(38(32)56)40(57)58-41(2,3)4)11-10-27-8-7-9-28(20-27)21-36(55)48-31-13-12-30(33(22-31)42(43,44)45)25-52-18-16-50(5)17-19-52/h7-9,12-13,20,22-24H,14-19,21,25H2,1-6H3,(H,48,55)(H,46,47,49,54). The van der Waals surface area contributed by atoms with E-state index in [2.05, 4.69) is 37.3 Å². The van der Waals surface area contributed by atoms with E-state index >= 15 is 0 Å². The molecule has 304 valence electrons. The average molecular weight is 799 g/mol. The molecule has 1 fully saturated rings. The lowest BCUT2D eigenvalue weighted by atomic mass is 10.0. The van der Waals surface area contributed by atoms with Gasteiger partial charge in [0.05, 0.1) is 28.8 Å². The maximum atomic E-state index is 14.1. The molecule has 0 radical (unpaired) electrons. The highest BCUT2D eigenvalue weighted by atomic mass is 19.4. The number of fused-ring (bicyclic) bond motifs is 1. The fourth-order valence-corrected chi connectivity index (χ4v) is 6.79. The third-order valence-corrected chi connectivity index (χ3v) is 9.66. The minimum atomic E-state index is -4.59. The molecule has 2 N–H and O–H groups in total. The Morgan fingerprint density at radius 1 is 0.931 bits per heavy atom. The van der Waals surface area contributed by atoms with Crippen molar-refractivity contribution >= 4 is 35.5 Å². The van der Waals surface area contributed by atoms with E-state index in [0.29, 0.717) is 58.8 Å². The average Bonchev–Trinajstić information content (AvgIpc) is 3.48. The molecule has 0 bridgehead atoms. The zero-order valence-electron chi connectivity index (χ0n) is 33.2. The number of halogens is 3. The van der Waals surface area contributed by atoms with Crippen LogP contribution in [0.5, 0.6) is 0 Å². The van der Waals surface area contributed by atoms with Crippen LogP contribution in [0.15, 0.2) is 54.7 Å². The molecule has 0 unspecified atom stereocenters. The number of piperazine rings is 1. The zero-order valence-corrected chi connectivity index (χ0v) is 33.2. The van der Waals surface area contributed by atoms with Crippen LogP contribution in [0.2, 0.25) is 0 Å². The number of aromatic nitrogens is 3. The molecule has 58 heavy (non-hydrogen) atoms. The van der Waals surface area contributed by atoms with Gasteiger partial charge in [0.25, 0.3) is 5.91 Å². The number of anilines is 2. The number of imide groups is 1. The van der Waals surface area contributed by atoms with Crippen molar-refractivity contribution in [1.82, 2.24) is 29.2 Å². The number of alkyl halides is 3. The van der Waals surface area contributed by atoms with E-state index in [0.717, 1.165) is 24.1 Å². The minimum absolute atomic E-state index is 0.0222. The summed E-state index contributed by atoms with van der Waals surface area (Å²) in [6.07, 6.45) is -3.64. The topological polar surface area (TPSA) is 142 Å².